The molecule has 3 amide bonds. The second-order valence-electron chi connectivity index (χ2n) is 5.43. The Kier molecular flexibility index (Phi) is 5.59. The van der Waals surface area contributed by atoms with E-state index < -0.39 is 17.7 Å². The molecule has 0 bridgehead atoms. The zero-order valence-electron chi connectivity index (χ0n) is 12.8. The molecule has 0 aromatic heterocycles. The monoisotopic (exact) mass is 317 g/mol. The molecule has 0 spiro atoms. The van der Waals surface area contributed by atoms with Crippen molar-refractivity contribution in [2.24, 2.45) is 5.92 Å². The van der Waals surface area contributed by atoms with Crippen molar-refractivity contribution in [2.75, 3.05) is 18.4 Å². The molecule has 0 atom stereocenters. The van der Waals surface area contributed by atoms with Crippen molar-refractivity contribution in [3.8, 4) is 0 Å². The highest BCUT2D eigenvalue weighted by atomic mass is 16.2. The molecule has 0 radical (unpaired) electrons. The summed E-state index contributed by atoms with van der Waals surface area (Å²) in [6.45, 7) is 2.88. The largest absolute Gasteiger partial charge is 0.318 e. The number of nitrogens with one attached hydrogen (secondary N) is 3. The lowest BCUT2D eigenvalue weighted by Gasteiger charge is -2.21. The van der Waals surface area contributed by atoms with Crippen LogP contribution >= 0.6 is 0 Å². The van der Waals surface area contributed by atoms with Gasteiger partial charge in [0, 0.05) is 17.2 Å². The van der Waals surface area contributed by atoms with Crippen molar-refractivity contribution in [1.29, 1.82) is 0 Å². The topological polar surface area (TPSA) is 104 Å². The summed E-state index contributed by atoms with van der Waals surface area (Å²) in [6, 6.07) is 6.15. The maximum Gasteiger partial charge on any atom is 0.316 e. The number of ketones is 1. The molecule has 1 fully saturated rings. The number of carbonyl (C=O) groups is 4. The fourth-order valence-electron chi connectivity index (χ4n) is 2.33. The van der Waals surface area contributed by atoms with E-state index in [0.717, 1.165) is 13.1 Å². The Balaban J connectivity index is 1.88. The van der Waals surface area contributed by atoms with E-state index in [1.165, 1.54) is 19.1 Å². The van der Waals surface area contributed by atoms with Gasteiger partial charge in [-0.1, -0.05) is 0 Å². The van der Waals surface area contributed by atoms with Crippen LogP contribution in [0, 0.1) is 5.92 Å². The molecule has 0 unspecified atom stereocenters. The fraction of sp³-hybridized carbons (Fsp3) is 0.375. The van der Waals surface area contributed by atoms with Gasteiger partial charge >= 0.3 is 11.8 Å². The van der Waals surface area contributed by atoms with Gasteiger partial charge in [0.1, 0.15) is 0 Å². The summed E-state index contributed by atoms with van der Waals surface area (Å²) in [7, 11) is 0. The van der Waals surface area contributed by atoms with Crippen LogP contribution in [0.15, 0.2) is 24.3 Å². The van der Waals surface area contributed by atoms with Crippen LogP contribution in [0.1, 0.15) is 30.1 Å². The molecule has 0 aliphatic carbocycles. The first-order chi connectivity index (χ1) is 11.0. The van der Waals surface area contributed by atoms with Crippen molar-refractivity contribution >= 4 is 29.2 Å². The average molecular weight is 317 g/mol. The lowest BCUT2D eigenvalue weighted by atomic mass is 9.97. The Morgan fingerprint density at radius 3 is 2.17 bits per heavy atom. The van der Waals surface area contributed by atoms with E-state index >= 15 is 0 Å². The molecule has 1 saturated heterocycles. The van der Waals surface area contributed by atoms with E-state index in [9.17, 15) is 19.2 Å². The van der Waals surface area contributed by atoms with E-state index in [4.69, 9.17) is 0 Å². The van der Waals surface area contributed by atoms with Crippen molar-refractivity contribution in [1.82, 2.24) is 10.6 Å². The molecular weight excluding hydrogens is 298 g/mol. The maximum atomic E-state index is 11.9. The summed E-state index contributed by atoms with van der Waals surface area (Å²) in [5, 5.41) is 7.64. The summed E-state index contributed by atoms with van der Waals surface area (Å²) in [5.74, 6) is -2.65. The molecule has 2 rings (SSSR count). The molecular formula is C16H19N3O4. The van der Waals surface area contributed by atoms with Gasteiger partial charge in [0.15, 0.2) is 5.78 Å². The number of Topliss-reactive ketones (excluding diaryl/α,β-unsaturated/α-hetero) is 1. The van der Waals surface area contributed by atoms with Crippen molar-refractivity contribution in [3.05, 3.63) is 29.8 Å². The highest BCUT2D eigenvalue weighted by molar-refractivity contribution is 6.42. The Morgan fingerprint density at radius 2 is 1.61 bits per heavy atom. The number of piperidine rings is 1. The first kappa shape index (κ1) is 16.8. The predicted octanol–water partition coefficient (Wildman–Crippen LogP) is 0.470. The number of hydrogen-bond donors (Lipinski definition) is 3. The van der Waals surface area contributed by atoms with Crippen molar-refractivity contribution in [3.63, 3.8) is 0 Å². The van der Waals surface area contributed by atoms with Crippen LogP contribution in [0.3, 0.4) is 0 Å². The van der Waals surface area contributed by atoms with Gasteiger partial charge in [0.25, 0.3) is 0 Å². The van der Waals surface area contributed by atoms with E-state index in [-0.39, 0.29) is 11.7 Å². The third-order valence-corrected chi connectivity index (χ3v) is 3.70. The third kappa shape index (κ3) is 4.72. The average Bonchev–Trinajstić information content (AvgIpc) is 2.56. The van der Waals surface area contributed by atoms with Crippen LogP contribution < -0.4 is 16.0 Å². The smallest absolute Gasteiger partial charge is 0.316 e. The Labute approximate surface area is 133 Å². The third-order valence-electron chi connectivity index (χ3n) is 3.70. The van der Waals surface area contributed by atoms with Gasteiger partial charge in [-0.15, -0.1) is 0 Å². The molecule has 23 heavy (non-hydrogen) atoms. The van der Waals surface area contributed by atoms with E-state index in [1.54, 1.807) is 12.1 Å². The zero-order valence-corrected chi connectivity index (χ0v) is 12.8. The molecule has 1 aromatic rings. The molecule has 1 aromatic carbocycles. The normalized spacial score (nSPS) is 14.8. The molecule has 7 heteroatoms. The second kappa shape index (κ2) is 7.64. The van der Waals surface area contributed by atoms with Gasteiger partial charge in [0.05, 0.1) is 0 Å². The first-order valence-electron chi connectivity index (χ1n) is 7.45. The van der Waals surface area contributed by atoms with Crippen molar-refractivity contribution < 1.29 is 19.2 Å². The second-order valence-corrected chi connectivity index (χ2v) is 5.43. The number of rotatable bonds is 3. The Bertz CT molecular complexity index is 619. The number of benzene rings is 1. The van der Waals surface area contributed by atoms with Crippen LogP contribution in [0.25, 0.3) is 0 Å². The summed E-state index contributed by atoms with van der Waals surface area (Å²) < 4.78 is 0. The van der Waals surface area contributed by atoms with Gasteiger partial charge in [-0.05, 0) is 57.1 Å². The van der Waals surface area contributed by atoms with Crippen LogP contribution in [0.4, 0.5) is 5.69 Å². The maximum absolute atomic E-state index is 11.9. The summed E-state index contributed by atoms with van der Waals surface area (Å²) in [6.07, 6.45) is 1.29. The van der Waals surface area contributed by atoms with E-state index in [2.05, 4.69) is 16.0 Å². The molecule has 1 aliphatic rings. The molecule has 1 heterocycles. The molecule has 3 N–H and O–H groups in total. The molecule has 7 nitrogen and oxygen atoms in total. The van der Waals surface area contributed by atoms with E-state index in [0.29, 0.717) is 24.1 Å². The molecule has 1 aliphatic heterocycles. The lowest BCUT2D eigenvalue weighted by Crippen LogP contribution is -2.44. The van der Waals surface area contributed by atoms with Gasteiger partial charge in [-0.2, -0.15) is 0 Å². The summed E-state index contributed by atoms with van der Waals surface area (Å²) >= 11 is 0. The minimum absolute atomic E-state index is 0.0896. The number of amides is 3. The number of anilines is 1. The quantitative estimate of drug-likeness (QED) is 0.555. The zero-order chi connectivity index (χ0) is 16.8. The number of imide groups is 1. The number of carbonyl (C=O) groups excluding carboxylic acids is 4. The molecule has 0 saturated carbocycles. The highest BCUT2D eigenvalue weighted by Gasteiger charge is 2.25. The first-order valence-corrected chi connectivity index (χ1v) is 7.45. The lowest BCUT2D eigenvalue weighted by molar-refractivity contribution is -0.141. The van der Waals surface area contributed by atoms with Gasteiger partial charge < -0.3 is 10.6 Å². The Hall–Kier alpha value is -2.54. The van der Waals surface area contributed by atoms with Crippen LogP contribution in [-0.2, 0) is 14.4 Å². The minimum Gasteiger partial charge on any atom is -0.318 e. The number of hydrogen-bond acceptors (Lipinski definition) is 5. The van der Waals surface area contributed by atoms with Crippen LogP contribution in [-0.4, -0.2) is 36.6 Å². The SMILES string of the molecule is CC(=O)c1ccc(NC(=O)C(=O)NC(=O)C2CCNCC2)cc1. The van der Waals surface area contributed by atoms with Gasteiger partial charge in [-0.3, -0.25) is 24.5 Å². The van der Waals surface area contributed by atoms with Crippen LogP contribution in [0.5, 0.6) is 0 Å². The molecule has 122 valence electrons. The van der Waals surface area contributed by atoms with Crippen LogP contribution in [0.2, 0.25) is 0 Å². The minimum atomic E-state index is -0.982. The standard InChI is InChI=1S/C16H19N3O4/c1-10(20)11-2-4-13(5-3-11)18-15(22)16(23)19-14(21)12-6-8-17-9-7-12/h2-5,12,17H,6-9H2,1H3,(H,18,22)(H,19,21,23). The van der Waals surface area contributed by atoms with Gasteiger partial charge in [-0.25, -0.2) is 0 Å². The van der Waals surface area contributed by atoms with Crippen molar-refractivity contribution in [2.45, 2.75) is 19.8 Å². The predicted molar refractivity (Wildman–Crippen MR) is 83.8 cm³/mol. The van der Waals surface area contributed by atoms with Gasteiger partial charge in [0.2, 0.25) is 5.91 Å². The summed E-state index contributed by atoms with van der Waals surface area (Å²) in [4.78, 5) is 46.6. The Morgan fingerprint density at radius 1 is 1.00 bits per heavy atom. The summed E-state index contributed by atoms with van der Waals surface area (Å²) in [5.41, 5.74) is 0.887. The fourth-order valence-corrected chi connectivity index (χ4v) is 2.33. The van der Waals surface area contributed by atoms with E-state index in [1.807, 2.05) is 0 Å². The highest BCUT2D eigenvalue weighted by Crippen LogP contribution is 2.12.